The fourth-order valence-corrected chi connectivity index (χ4v) is 3.91. The molecule has 2 atom stereocenters. The zero-order valence-electron chi connectivity index (χ0n) is 14.2. The van der Waals surface area contributed by atoms with Gasteiger partial charge in [-0.25, -0.2) is 0 Å². The van der Waals surface area contributed by atoms with Crippen LogP contribution < -0.4 is 5.32 Å². The number of amides is 1. The number of hydrogen-bond donors (Lipinski definition) is 1. The summed E-state index contributed by atoms with van der Waals surface area (Å²) in [6.07, 6.45) is 4.38. The van der Waals surface area contributed by atoms with Gasteiger partial charge >= 0.3 is 0 Å². The number of likely N-dealkylation sites (N-methyl/N-ethyl adjacent to an activating group) is 1. The van der Waals surface area contributed by atoms with Crippen molar-refractivity contribution in [3.63, 3.8) is 0 Å². The van der Waals surface area contributed by atoms with Crippen LogP contribution in [0.1, 0.15) is 32.6 Å². The van der Waals surface area contributed by atoms with Gasteiger partial charge < -0.3 is 20.0 Å². The highest BCUT2D eigenvalue weighted by Gasteiger charge is 2.31. The van der Waals surface area contributed by atoms with Crippen LogP contribution in [-0.4, -0.2) is 85.0 Å². The molecule has 1 amide bonds. The average molecular weight is 367 g/mol. The first-order chi connectivity index (χ1) is 10.2. The second kappa shape index (κ2) is 10.0. The summed E-state index contributed by atoms with van der Waals surface area (Å²) in [4.78, 5) is 19.5. The summed E-state index contributed by atoms with van der Waals surface area (Å²) in [6, 6.07) is 1.21. The van der Waals surface area contributed by atoms with Crippen LogP contribution in [0, 0.1) is 0 Å². The lowest BCUT2D eigenvalue weighted by Gasteiger charge is -2.34. The lowest BCUT2D eigenvalue weighted by atomic mass is 10.1. The van der Waals surface area contributed by atoms with E-state index in [-0.39, 0.29) is 24.8 Å². The van der Waals surface area contributed by atoms with E-state index >= 15 is 0 Å². The molecular weight excluding hydrogens is 335 g/mol. The van der Waals surface area contributed by atoms with Gasteiger partial charge in [0.1, 0.15) is 0 Å². The van der Waals surface area contributed by atoms with Crippen LogP contribution in [-0.2, 0) is 4.79 Å². The second-order valence-corrected chi connectivity index (χ2v) is 6.79. The first-order valence-electron chi connectivity index (χ1n) is 8.73. The molecule has 7 heteroatoms. The van der Waals surface area contributed by atoms with Crippen LogP contribution in [0.3, 0.4) is 0 Å². The molecule has 1 N–H and O–H groups in total. The number of hydrogen-bond acceptors (Lipinski definition) is 4. The Bertz CT molecular complexity index is 364. The third-order valence-electron chi connectivity index (χ3n) is 5.43. The third-order valence-corrected chi connectivity index (χ3v) is 5.43. The molecule has 3 aliphatic heterocycles. The van der Waals surface area contributed by atoms with Gasteiger partial charge in [-0.05, 0) is 25.8 Å². The minimum atomic E-state index is 0. The zero-order chi connectivity index (χ0) is 14.7. The smallest absolute Gasteiger partial charge is 0.223 e. The average Bonchev–Trinajstić information content (AvgIpc) is 2.84. The largest absolute Gasteiger partial charge is 0.341 e. The molecule has 3 fully saturated rings. The fraction of sp³-hybridized carbons (Fsp3) is 0.938. The van der Waals surface area contributed by atoms with Crippen molar-refractivity contribution < 1.29 is 4.79 Å². The predicted octanol–water partition coefficient (Wildman–Crippen LogP) is 1.21. The molecule has 0 saturated carbocycles. The first kappa shape index (κ1) is 21.0. The van der Waals surface area contributed by atoms with Crippen molar-refractivity contribution in [1.82, 2.24) is 20.0 Å². The quantitative estimate of drug-likeness (QED) is 0.811. The Morgan fingerprint density at radius 2 is 1.61 bits per heavy atom. The second-order valence-electron chi connectivity index (χ2n) is 6.79. The number of rotatable bonds is 4. The summed E-state index contributed by atoms with van der Waals surface area (Å²) in [5.41, 5.74) is 0. The third kappa shape index (κ3) is 5.75. The Hall–Kier alpha value is -0.0700. The summed E-state index contributed by atoms with van der Waals surface area (Å²) >= 11 is 0. The van der Waals surface area contributed by atoms with Crippen LogP contribution in [0.4, 0.5) is 0 Å². The molecule has 3 aliphatic rings. The van der Waals surface area contributed by atoms with Gasteiger partial charge in [-0.1, -0.05) is 6.92 Å². The van der Waals surface area contributed by atoms with Crippen molar-refractivity contribution in [2.24, 2.45) is 0 Å². The van der Waals surface area contributed by atoms with Crippen LogP contribution in [0.25, 0.3) is 0 Å². The Morgan fingerprint density at radius 1 is 0.957 bits per heavy atom. The molecule has 2 unspecified atom stereocenters. The van der Waals surface area contributed by atoms with Crippen molar-refractivity contribution in [3.05, 3.63) is 0 Å². The standard InChI is InChI=1S/C16H30N4O.2ClH/c1-2-18-9-11-19(12-10-18)7-6-16(21)20-8-5-14-3-4-15(13-20)17-14;;/h14-15,17H,2-13H2,1H3;2*1H. The summed E-state index contributed by atoms with van der Waals surface area (Å²) in [6.45, 7) is 10.7. The van der Waals surface area contributed by atoms with E-state index in [4.69, 9.17) is 0 Å². The van der Waals surface area contributed by atoms with Crippen LogP contribution in [0.5, 0.6) is 0 Å². The van der Waals surface area contributed by atoms with Crippen molar-refractivity contribution >= 4 is 30.7 Å². The predicted molar refractivity (Wildman–Crippen MR) is 98.8 cm³/mol. The lowest BCUT2D eigenvalue weighted by Crippen LogP contribution is -2.47. The van der Waals surface area contributed by atoms with Crippen LogP contribution >= 0.6 is 24.8 Å². The number of carbonyl (C=O) groups is 1. The monoisotopic (exact) mass is 366 g/mol. The van der Waals surface area contributed by atoms with E-state index in [0.717, 1.165) is 58.8 Å². The molecule has 3 heterocycles. The van der Waals surface area contributed by atoms with Gasteiger partial charge in [0.15, 0.2) is 0 Å². The molecule has 0 aromatic heterocycles. The number of nitrogens with one attached hydrogen (secondary N) is 1. The Balaban J connectivity index is 0.00000132. The Labute approximate surface area is 152 Å². The fourth-order valence-electron chi connectivity index (χ4n) is 3.91. The molecule has 0 aliphatic carbocycles. The lowest BCUT2D eigenvalue weighted by molar-refractivity contribution is -0.131. The van der Waals surface area contributed by atoms with E-state index in [2.05, 4.69) is 26.9 Å². The number of halogens is 2. The molecule has 2 bridgehead atoms. The maximum absolute atomic E-state index is 12.5. The number of likely N-dealkylation sites (tertiary alicyclic amines) is 1. The van der Waals surface area contributed by atoms with Crippen molar-refractivity contribution in [3.8, 4) is 0 Å². The van der Waals surface area contributed by atoms with Gasteiger partial charge in [-0.2, -0.15) is 0 Å². The first-order valence-corrected chi connectivity index (χ1v) is 8.73. The number of nitrogens with zero attached hydrogens (tertiary/aromatic N) is 3. The van der Waals surface area contributed by atoms with E-state index in [1.165, 1.54) is 12.8 Å². The molecule has 3 rings (SSSR count). The van der Waals surface area contributed by atoms with Gasteiger partial charge in [0, 0.05) is 64.3 Å². The van der Waals surface area contributed by atoms with Crippen molar-refractivity contribution in [2.45, 2.75) is 44.7 Å². The molecule has 136 valence electrons. The summed E-state index contributed by atoms with van der Waals surface area (Å²) in [7, 11) is 0. The molecule has 0 radical (unpaired) electrons. The Morgan fingerprint density at radius 3 is 2.30 bits per heavy atom. The highest BCUT2D eigenvalue weighted by Crippen LogP contribution is 2.20. The van der Waals surface area contributed by atoms with E-state index in [1.54, 1.807) is 0 Å². The number of fused-ring (bicyclic) bond motifs is 2. The highest BCUT2D eigenvalue weighted by molar-refractivity contribution is 5.85. The molecule has 0 aromatic rings. The molecular formula is C16H32Cl2N4O. The molecule has 0 aromatic carbocycles. The molecule has 5 nitrogen and oxygen atoms in total. The van der Waals surface area contributed by atoms with Gasteiger partial charge in [0.05, 0.1) is 0 Å². The normalized spacial score (nSPS) is 28.7. The topological polar surface area (TPSA) is 38.8 Å². The van der Waals surface area contributed by atoms with E-state index < -0.39 is 0 Å². The molecule has 3 saturated heterocycles. The molecule has 0 spiro atoms. The van der Waals surface area contributed by atoms with Crippen LogP contribution in [0.15, 0.2) is 0 Å². The van der Waals surface area contributed by atoms with E-state index in [1.807, 2.05) is 0 Å². The van der Waals surface area contributed by atoms with Crippen molar-refractivity contribution in [2.75, 3.05) is 52.4 Å². The van der Waals surface area contributed by atoms with Gasteiger partial charge in [-0.3, -0.25) is 4.79 Å². The van der Waals surface area contributed by atoms with Crippen LogP contribution in [0.2, 0.25) is 0 Å². The minimum Gasteiger partial charge on any atom is -0.341 e. The van der Waals surface area contributed by atoms with Crippen molar-refractivity contribution in [1.29, 1.82) is 0 Å². The van der Waals surface area contributed by atoms with Gasteiger partial charge in [0.25, 0.3) is 0 Å². The number of piperazine rings is 1. The maximum Gasteiger partial charge on any atom is 0.223 e. The molecule has 23 heavy (non-hydrogen) atoms. The SMILES string of the molecule is CCN1CCN(CCC(=O)N2CCC3CCC(C2)N3)CC1.Cl.Cl. The van der Waals surface area contributed by atoms with E-state index in [0.29, 0.717) is 24.4 Å². The minimum absolute atomic E-state index is 0. The maximum atomic E-state index is 12.5. The summed E-state index contributed by atoms with van der Waals surface area (Å²) < 4.78 is 0. The van der Waals surface area contributed by atoms with Gasteiger partial charge in [0.2, 0.25) is 5.91 Å². The summed E-state index contributed by atoms with van der Waals surface area (Å²) in [5, 5.41) is 3.64. The van der Waals surface area contributed by atoms with Gasteiger partial charge in [-0.15, -0.1) is 24.8 Å². The number of carbonyl (C=O) groups excluding carboxylic acids is 1. The zero-order valence-corrected chi connectivity index (χ0v) is 15.8. The highest BCUT2D eigenvalue weighted by atomic mass is 35.5. The Kier molecular flexibility index (Phi) is 9.16. The van der Waals surface area contributed by atoms with E-state index in [9.17, 15) is 4.79 Å². The summed E-state index contributed by atoms with van der Waals surface area (Å²) in [5.74, 6) is 0.363.